The Hall–Kier alpha value is -1.62. The molecule has 88 valence electrons. The van der Waals surface area contributed by atoms with Crippen LogP contribution in [0.5, 0.6) is 0 Å². The van der Waals surface area contributed by atoms with Gasteiger partial charge in [0.05, 0.1) is 0 Å². The Morgan fingerprint density at radius 1 is 1.29 bits per heavy atom. The van der Waals surface area contributed by atoms with Crippen LogP contribution in [0.15, 0.2) is 34.9 Å². The molecule has 0 bridgehead atoms. The number of nitrogens with zero attached hydrogens (tertiary/aromatic N) is 1. The lowest BCUT2D eigenvalue weighted by Gasteiger charge is -2.10. The molecule has 1 aromatic heterocycles. The summed E-state index contributed by atoms with van der Waals surface area (Å²) in [7, 11) is 1.74. The normalized spacial score (nSPS) is 10.3. The second kappa shape index (κ2) is 4.71. The number of rotatable bonds is 2. The van der Waals surface area contributed by atoms with Crippen LogP contribution >= 0.6 is 15.9 Å². The molecule has 5 heteroatoms. The maximum Gasteiger partial charge on any atom is 0.133 e. The van der Waals surface area contributed by atoms with Gasteiger partial charge in [-0.2, -0.15) is 0 Å². The number of nitrogen functional groups attached to an aromatic ring is 1. The van der Waals surface area contributed by atoms with E-state index < -0.39 is 0 Å². The lowest BCUT2D eigenvalue weighted by atomic mass is 10.1. The van der Waals surface area contributed by atoms with Crippen molar-refractivity contribution >= 4 is 27.4 Å². The predicted octanol–water partition coefficient (Wildman–Crippen LogP) is 3.27. The molecule has 3 nitrogen and oxygen atoms in total. The fourth-order valence-electron chi connectivity index (χ4n) is 1.59. The smallest absolute Gasteiger partial charge is 0.133 e. The van der Waals surface area contributed by atoms with Gasteiger partial charge in [-0.15, -0.1) is 0 Å². The summed E-state index contributed by atoms with van der Waals surface area (Å²) in [5.74, 6) is 0.262. The number of hydrogen-bond acceptors (Lipinski definition) is 3. The predicted molar refractivity (Wildman–Crippen MR) is 71.3 cm³/mol. The monoisotopic (exact) mass is 295 g/mol. The highest BCUT2D eigenvalue weighted by Gasteiger charge is 2.11. The average Bonchev–Trinajstić information content (AvgIpc) is 2.29. The van der Waals surface area contributed by atoms with E-state index >= 15 is 0 Å². The number of halogens is 2. The van der Waals surface area contributed by atoms with E-state index in [0.29, 0.717) is 22.6 Å². The second-order valence-electron chi connectivity index (χ2n) is 3.54. The first-order valence-electron chi connectivity index (χ1n) is 5.00. The number of benzene rings is 1. The van der Waals surface area contributed by atoms with Crippen LogP contribution in [-0.4, -0.2) is 12.0 Å². The molecule has 0 atom stereocenters. The third-order valence-electron chi connectivity index (χ3n) is 2.37. The van der Waals surface area contributed by atoms with Crippen molar-refractivity contribution in [3.8, 4) is 11.1 Å². The molecule has 1 aromatic carbocycles. The number of nitrogens with two attached hydrogens (primary N) is 1. The Morgan fingerprint density at radius 2 is 2.06 bits per heavy atom. The standard InChI is InChI=1S/C12H11BrFN3/c1-16-12-10(4-7(13)6-17-12)9-3-2-8(15)5-11(9)14/h2-6H,15H2,1H3,(H,16,17). The van der Waals surface area contributed by atoms with Gasteiger partial charge in [0.2, 0.25) is 0 Å². The SMILES string of the molecule is CNc1ncc(Br)cc1-c1ccc(N)cc1F. The first-order chi connectivity index (χ1) is 8.11. The zero-order valence-corrected chi connectivity index (χ0v) is 10.8. The van der Waals surface area contributed by atoms with E-state index in [9.17, 15) is 4.39 Å². The van der Waals surface area contributed by atoms with E-state index in [1.54, 1.807) is 25.4 Å². The minimum absolute atomic E-state index is 0.360. The van der Waals surface area contributed by atoms with Gasteiger partial charge >= 0.3 is 0 Å². The maximum absolute atomic E-state index is 13.8. The van der Waals surface area contributed by atoms with Gasteiger partial charge in [-0.25, -0.2) is 9.37 Å². The zero-order valence-electron chi connectivity index (χ0n) is 9.17. The summed E-state index contributed by atoms with van der Waals surface area (Å²) in [5.41, 5.74) is 7.09. The minimum Gasteiger partial charge on any atom is -0.399 e. The van der Waals surface area contributed by atoms with Crippen molar-refractivity contribution in [2.24, 2.45) is 0 Å². The Kier molecular flexibility index (Phi) is 3.28. The van der Waals surface area contributed by atoms with Gasteiger partial charge in [0.25, 0.3) is 0 Å². The maximum atomic E-state index is 13.8. The van der Waals surface area contributed by atoms with Gasteiger partial charge in [-0.3, -0.25) is 0 Å². The van der Waals surface area contributed by atoms with E-state index in [1.807, 2.05) is 6.07 Å². The van der Waals surface area contributed by atoms with Gasteiger partial charge in [0.15, 0.2) is 0 Å². The molecule has 0 aliphatic heterocycles. The van der Waals surface area contributed by atoms with Crippen LogP contribution in [0.3, 0.4) is 0 Å². The topological polar surface area (TPSA) is 50.9 Å². The van der Waals surface area contributed by atoms with Crippen molar-refractivity contribution in [3.05, 3.63) is 40.8 Å². The van der Waals surface area contributed by atoms with E-state index in [-0.39, 0.29) is 5.82 Å². The molecule has 0 amide bonds. The van der Waals surface area contributed by atoms with Gasteiger partial charge in [-0.1, -0.05) is 0 Å². The molecular formula is C12H11BrFN3. The molecule has 2 aromatic rings. The third-order valence-corrected chi connectivity index (χ3v) is 2.81. The molecule has 17 heavy (non-hydrogen) atoms. The summed E-state index contributed by atoms with van der Waals surface area (Å²) in [5, 5.41) is 2.93. The number of anilines is 2. The van der Waals surface area contributed by atoms with Crippen LogP contribution in [0.2, 0.25) is 0 Å². The summed E-state index contributed by atoms with van der Waals surface area (Å²) in [4.78, 5) is 4.18. The molecule has 0 unspecified atom stereocenters. The van der Waals surface area contributed by atoms with E-state index in [1.165, 1.54) is 6.07 Å². The number of hydrogen-bond donors (Lipinski definition) is 2. The molecule has 0 saturated carbocycles. The largest absolute Gasteiger partial charge is 0.399 e. The van der Waals surface area contributed by atoms with Crippen LogP contribution in [0, 0.1) is 5.82 Å². The van der Waals surface area contributed by atoms with E-state index in [4.69, 9.17) is 5.73 Å². The first-order valence-corrected chi connectivity index (χ1v) is 5.80. The molecular weight excluding hydrogens is 285 g/mol. The highest BCUT2D eigenvalue weighted by molar-refractivity contribution is 9.10. The lowest BCUT2D eigenvalue weighted by Crippen LogP contribution is -1.97. The highest BCUT2D eigenvalue weighted by atomic mass is 79.9. The van der Waals surface area contributed by atoms with Crippen LogP contribution in [-0.2, 0) is 0 Å². The van der Waals surface area contributed by atoms with Crippen molar-refractivity contribution in [2.45, 2.75) is 0 Å². The highest BCUT2D eigenvalue weighted by Crippen LogP contribution is 2.31. The Bertz CT molecular complexity index is 557. The Morgan fingerprint density at radius 3 is 2.71 bits per heavy atom. The quantitative estimate of drug-likeness (QED) is 0.836. The molecule has 2 rings (SSSR count). The lowest BCUT2D eigenvalue weighted by molar-refractivity contribution is 0.632. The Balaban J connectivity index is 2.62. The molecule has 0 radical (unpaired) electrons. The van der Waals surface area contributed by atoms with E-state index in [2.05, 4.69) is 26.2 Å². The van der Waals surface area contributed by atoms with Gasteiger partial charge < -0.3 is 11.1 Å². The molecule has 0 spiro atoms. The molecule has 3 N–H and O–H groups in total. The number of aromatic nitrogens is 1. The van der Waals surface area contributed by atoms with Crippen molar-refractivity contribution in [1.29, 1.82) is 0 Å². The molecule has 0 saturated heterocycles. The third kappa shape index (κ3) is 2.39. The first kappa shape index (κ1) is 11.9. The number of nitrogens with one attached hydrogen (secondary N) is 1. The average molecular weight is 296 g/mol. The van der Waals surface area contributed by atoms with Crippen LogP contribution in [0.25, 0.3) is 11.1 Å². The van der Waals surface area contributed by atoms with Gasteiger partial charge in [-0.05, 0) is 40.2 Å². The zero-order chi connectivity index (χ0) is 12.4. The molecule has 0 aliphatic carbocycles. The number of pyridine rings is 1. The summed E-state index contributed by atoms with van der Waals surface area (Å²) in [6.07, 6.45) is 1.66. The summed E-state index contributed by atoms with van der Waals surface area (Å²) >= 11 is 3.32. The fourth-order valence-corrected chi connectivity index (χ4v) is 1.92. The van der Waals surface area contributed by atoms with Crippen LogP contribution in [0.4, 0.5) is 15.9 Å². The van der Waals surface area contributed by atoms with Crippen LogP contribution < -0.4 is 11.1 Å². The van der Waals surface area contributed by atoms with Crippen molar-refractivity contribution in [2.75, 3.05) is 18.1 Å². The summed E-state index contributed by atoms with van der Waals surface area (Å²) < 4.78 is 14.6. The van der Waals surface area contributed by atoms with Crippen LogP contribution in [0.1, 0.15) is 0 Å². The molecule has 0 fully saturated rings. The van der Waals surface area contributed by atoms with Crippen molar-refractivity contribution in [3.63, 3.8) is 0 Å². The van der Waals surface area contributed by atoms with Crippen molar-refractivity contribution < 1.29 is 4.39 Å². The van der Waals surface area contributed by atoms with Crippen molar-refractivity contribution in [1.82, 2.24) is 4.98 Å². The summed E-state index contributed by atoms with van der Waals surface area (Å²) in [6, 6.07) is 6.43. The minimum atomic E-state index is -0.360. The fraction of sp³-hybridized carbons (Fsp3) is 0.0833. The second-order valence-corrected chi connectivity index (χ2v) is 4.45. The van der Waals surface area contributed by atoms with Gasteiger partial charge in [0, 0.05) is 34.5 Å². The van der Waals surface area contributed by atoms with Gasteiger partial charge in [0.1, 0.15) is 11.6 Å². The molecule has 0 aliphatic rings. The summed E-state index contributed by atoms with van der Waals surface area (Å²) in [6.45, 7) is 0. The van der Waals surface area contributed by atoms with E-state index in [0.717, 1.165) is 4.47 Å². The molecule has 1 heterocycles. The Labute approximate surface area is 107 Å².